The van der Waals surface area contributed by atoms with E-state index in [-0.39, 0.29) is 25.0 Å². The number of hydrogen-bond donors (Lipinski definition) is 1. The van der Waals surface area contributed by atoms with Gasteiger partial charge in [0.05, 0.1) is 0 Å². The van der Waals surface area contributed by atoms with Crippen LogP contribution < -0.4 is 19.7 Å². The minimum Gasteiger partial charge on any atom is -0.454 e. The monoisotopic (exact) mass is 383 g/mol. The lowest BCUT2D eigenvalue weighted by Gasteiger charge is -2.35. The lowest BCUT2D eigenvalue weighted by Crippen LogP contribution is -2.53. The van der Waals surface area contributed by atoms with Crippen molar-refractivity contribution in [1.82, 2.24) is 5.32 Å². The number of nitrogens with one attached hydrogen (secondary N) is 1. The van der Waals surface area contributed by atoms with Crippen LogP contribution in [-0.2, 0) is 4.79 Å². The maximum absolute atomic E-state index is 12.6. The van der Waals surface area contributed by atoms with Gasteiger partial charge in [0.2, 0.25) is 12.7 Å². The second kappa shape index (κ2) is 5.99. The quantitative estimate of drug-likeness (QED) is 0.864. The van der Waals surface area contributed by atoms with Gasteiger partial charge in [-0.15, -0.1) is 0 Å². The number of anilines is 1. The van der Waals surface area contributed by atoms with Gasteiger partial charge in [0.1, 0.15) is 11.9 Å². The minimum absolute atomic E-state index is 0.168. The molecular formula is C19H14ClN3O4. The van der Waals surface area contributed by atoms with Crippen LogP contribution in [0.5, 0.6) is 11.5 Å². The number of nitrogens with zero attached hydrogens (tertiary/aromatic N) is 2. The van der Waals surface area contributed by atoms with E-state index < -0.39 is 12.1 Å². The largest absolute Gasteiger partial charge is 0.454 e. The molecule has 7 nitrogen and oxygen atoms in total. The van der Waals surface area contributed by atoms with Gasteiger partial charge in [0.15, 0.2) is 11.5 Å². The molecule has 2 atom stereocenters. The maximum Gasteiger partial charge on any atom is 0.350 e. The Bertz CT molecular complexity index is 989. The molecule has 1 saturated heterocycles. The normalized spacial score (nSPS) is 23.1. The van der Waals surface area contributed by atoms with Crippen LogP contribution in [-0.4, -0.2) is 30.6 Å². The van der Waals surface area contributed by atoms with Crippen molar-refractivity contribution in [2.24, 2.45) is 4.99 Å². The number of ether oxygens (including phenoxy) is 2. The summed E-state index contributed by atoms with van der Waals surface area (Å²) in [5.41, 5.74) is 1.57. The molecule has 2 aromatic carbocycles. The number of urea groups is 1. The van der Waals surface area contributed by atoms with Gasteiger partial charge < -0.3 is 14.8 Å². The standard InChI is InChI=1S/C19H14ClN3O4/c20-11-2-4-12(5-3-11)23-17-13(8-16(24)21-18(17)22-19(23)25)10-1-6-14-15(7-10)27-9-26-14/h1-7,13,17H,8-9H2,(H,21,22,24,25)/t13-,17-/m1/s1. The fourth-order valence-corrected chi connectivity index (χ4v) is 3.88. The van der Waals surface area contributed by atoms with E-state index in [1.54, 1.807) is 29.2 Å². The molecule has 8 heteroatoms. The van der Waals surface area contributed by atoms with Crippen LogP contribution in [0.2, 0.25) is 5.02 Å². The highest BCUT2D eigenvalue weighted by Gasteiger charge is 2.46. The molecule has 0 aromatic heterocycles. The molecule has 136 valence electrons. The highest BCUT2D eigenvalue weighted by atomic mass is 35.5. The number of amides is 3. The lowest BCUT2D eigenvalue weighted by molar-refractivity contribution is -0.120. The van der Waals surface area contributed by atoms with Crippen LogP contribution in [0.25, 0.3) is 0 Å². The zero-order valence-electron chi connectivity index (χ0n) is 14.0. The number of piperidine rings is 1. The van der Waals surface area contributed by atoms with Crippen molar-refractivity contribution in [2.75, 3.05) is 11.7 Å². The van der Waals surface area contributed by atoms with E-state index in [0.717, 1.165) is 5.56 Å². The van der Waals surface area contributed by atoms with E-state index in [1.807, 2.05) is 18.2 Å². The maximum atomic E-state index is 12.6. The zero-order chi connectivity index (χ0) is 18.5. The molecular weight excluding hydrogens is 370 g/mol. The van der Waals surface area contributed by atoms with Crippen LogP contribution in [0.15, 0.2) is 47.5 Å². The predicted molar refractivity (Wildman–Crippen MR) is 98.6 cm³/mol. The summed E-state index contributed by atoms with van der Waals surface area (Å²) in [5, 5.41) is 3.32. The Morgan fingerprint density at radius 3 is 2.67 bits per heavy atom. The molecule has 1 fully saturated rings. The Balaban J connectivity index is 1.57. The van der Waals surface area contributed by atoms with Crippen LogP contribution in [0.4, 0.5) is 10.5 Å². The number of rotatable bonds is 2. The first-order valence-corrected chi connectivity index (χ1v) is 8.85. The zero-order valence-corrected chi connectivity index (χ0v) is 14.8. The average Bonchev–Trinajstić information content (AvgIpc) is 3.24. The molecule has 0 spiro atoms. The summed E-state index contributed by atoms with van der Waals surface area (Å²) in [6.07, 6.45) is 0.237. The molecule has 1 N–H and O–H groups in total. The number of amidine groups is 1. The summed E-state index contributed by atoms with van der Waals surface area (Å²) in [7, 11) is 0. The molecule has 3 aliphatic heterocycles. The molecule has 0 aliphatic carbocycles. The first-order chi connectivity index (χ1) is 13.1. The highest BCUT2D eigenvalue weighted by molar-refractivity contribution is 6.30. The van der Waals surface area contributed by atoms with Crippen molar-refractivity contribution in [3.8, 4) is 11.5 Å². The van der Waals surface area contributed by atoms with Gasteiger partial charge in [-0.3, -0.25) is 9.69 Å². The van der Waals surface area contributed by atoms with Gasteiger partial charge in [0, 0.05) is 23.0 Å². The van der Waals surface area contributed by atoms with Crippen LogP contribution in [0.3, 0.4) is 0 Å². The summed E-state index contributed by atoms with van der Waals surface area (Å²) in [4.78, 5) is 30.5. The second-order valence-corrected chi connectivity index (χ2v) is 6.98. The van der Waals surface area contributed by atoms with Gasteiger partial charge in [-0.25, -0.2) is 4.79 Å². The van der Waals surface area contributed by atoms with Gasteiger partial charge >= 0.3 is 6.03 Å². The van der Waals surface area contributed by atoms with Crippen molar-refractivity contribution >= 4 is 35.1 Å². The molecule has 3 heterocycles. The van der Waals surface area contributed by atoms with E-state index in [2.05, 4.69) is 10.3 Å². The summed E-state index contributed by atoms with van der Waals surface area (Å²) in [6.45, 7) is 0.176. The molecule has 0 radical (unpaired) electrons. The summed E-state index contributed by atoms with van der Waals surface area (Å²) in [6, 6.07) is 11.8. The molecule has 0 bridgehead atoms. The van der Waals surface area contributed by atoms with E-state index in [1.165, 1.54) is 0 Å². The third-order valence-electron chi connectivity index (χ3n) is 4.96. The number of fused-ring (bicyclic) bond motifs is 2. The van der Waals surface area contributed by atoms with Gasteiger partial charge in [0.25, 0.3) is 0 Å². The lowest BCUT2D eigenvalue weighted by atomic mass is 9.84. The molecule has 0 unspecified atom stereocenters. The highest BCUT2D eigenvalue weighted by Crippen LogP contribution is 2.40. The summed E-state index contributed by atoms with van der Waals surface area (Å²) < 4.78 is 10.8. The van der Waals surface area contributed by atoms with E-state index in [4.69, 9.17) is 21.1 Å². The van der Waals surface area contributed by atoms with Crippen molar-refractivity contribution in [2.45, 2.75) is 18.4 Å². The molecule has 3 amide bonds. The van der Waals surface area contributed by atoms with Gasteiger partial charge in [-0.1, -0.05) is 17.7 Å². The van der Waals surface area contributed by atoms with Crippen molar-refractivity contribution in [1.29, 1.82) is 0 Å². The molecule has 0 saturated carbocycles. The third-order valence-corrected chi connectivity index (χ3v) is 5.22. The SMILES string of the molecule is O=C1C[C@H](c2ccc3c(c2)OCO3)[C@@H]2C(=NC(=O)N2c2ccc(Cl)cc2)N1. The molecule has 5 rings (SSSR count). The van der Waals surface area contributed by atoms with Crippen molar-refractivity contribution < 1.29 is 19.1 Å². The fraction of sp³-hybridized carbons (Fsp3) is 0.211. The summed E-state index contributed by atoms with van der Waals surface area (Å²) in [5.74, 6) is 1.26. The Morgan fingerprint density at radius 1 is 1.07 bits per heavy atom. The molecule has 3 aliphatic rings. The van der Waals surface area contributed by atoms with E-state index in [9.17, 15) is 9.59 Å². The van der Waals surface area contributed by atoms with Crippen LogP contribution >= 0.6 is 11.6 Å². The molecule has 27 heavy (non-hydrogen) atoms. The van der Waals surface area contributed by atoms with Crippen molar-refractivity contribution in [3.05, 3.63) is 53.1 Å². The Morgan fingerprint density at radius 2 is 1.85 bits per heavy atom. The van der Waals surface area contributed by atoms with Gasteiger partial charge in [-0.05, 0) is 42.0 Å². The number of benzene rings is 2. The summed E-state index contributed by atoms with van der Waals surface area (Å²) >= 11 is 5.98. The number of carbonyl (C=O) groups is 2. The van der Waals surface area contributed by atoms with Gasteiger partial charge in [-0.2, -0.15) is 4.99 Å². The van der Waals surface area contributed by atoms with E-state index in [0.29, 0.717) is 28.0 Å². The fourth-order valence-electron chi connectivity index (χ4n) is 3.76. The average molecular weight is 384 g/mol. The van der Waals surface area contributed by atoms with Crippen LogP contribution in [0, 0.1) is 0 Å². The minimum atomic E-state index is -0.412. The van der Waals surface area contributed by atoms with Crippen LogP contribution in [0.1, 0.15) is 17.9 Å². The van der Waals surface area contributed by atoms with E-state index >= 15 is 0 Å². The smallest absolute Gasteiger partial charge is 0.350 e. The Labute approximate surface area is 159 Å². The first kappa shape index (κ1) is 16.1. The predicted octanol–water partition coefficient (Wildman–Crippen LogP) is 3.08. The Hall–Kier alpha value is -3.06. The second-order valence-electron chi connectivity index (χ2n) is 6.54. The topological polar surface area (TPSA) is 80.2 Å². The number of hydrogen-bond acceptors (Lipinski definition) is 4. The molecule has 2 aromatic rings. The number of aliphatic imine (C=N–C) groups is 1. The first-order valence-electron chi connectivity index (χ1n) is 8.47. The Kier molecular flexibility index (Phi) is 3.58. The number of halogens is 1. The third kappa shape index (κ3) is 2.62. The number of carbonyl (C=O) groups excluding carboxylic acids is 2. The van der Waals surface area contributed by atoms with Crippen molar-refractivity contribution in [3.63, 3.8) is 0 Å².